The van der Waals surface area contributed by atoms with Crippen LogP contribution in [0.5, 0.6) is 5.75 Å². The fourth-order valence-corrected chi connectivity index (χ4v) is 1.33. The molecular formula is C15H21NO2. The Kier molecular flexibility index (Phi) is 5.43. The van der Waals surface area contributed by atoms with Crippen molar-refractivity contribution in [3.05, 3.63) is 35.9 Å². The van der Waals surface area contributed by atoms with Crippen molar-refractivity contribution in [2.45, 2.75) is 26.8 Å². The number of rotatable bonds is 5. The first-order valence-corrected chi connectivity index (χ1v) is 6.15. The van der Waals surface area contributed by atoms with Gasteiger partial charge in [-0.2, -0.15) is 0 Å². The highest BCUT2D eigenvalue weighted by molar-refractivity contribution is 5.91. The summed E-state index contributed by atoms with van der Waals surface area (Å²) in [5.74, 6) is 1.18. The molecule has 0 aliphatic carbocycles. The van der Waals surface area contributed by atoms with Crippen molar-refractivity contribution in [2.75, 3.05) is 7.11 Å². The van der Waals surface area contributed by atoms with Gasteiger partial charge in [0.05, 0.1) is 7.11 Å². The lowest BCUT2D eigenvalue weighted by Crippen LogP contribution is -2.34. The van der Waals surface area contributed by atoms with Gasteiger partial charge in [-0.3, -0.25) is 4.79 Å². The van der Waals surface area contributed by atoms with Gasteiger partial charge in [0.25, 0.3) is 0 Å². The van der Waals surface area contributed by atoms with E-state index in [1.807, 2.05) is 31.2 Å². The maximum Gasteiger partial charge on any atom is 0.244 e. The summed E-state index contributed by atoms with van der Waals surface area (Å²) in [4.78, 5) is 11.6. The Balaban J connectivity index is 2.55. The van der Waals surface area contributed by atoms with Crippen LogP contribution in [0.1, 0.15) is 26.3 Å². The first kappa shape index (κ1) is 14.3. The number of ether oxygens (including phenoxy) is 1. The van der Waals surface area contributed by atoms with Gasteiger partial charge in [0, 0.05) is 12.1 Å². The fourth-order valence-electron chi connectivity index (χ4n) is 1.33. The van der Waals surface area contributed by atoms with Crippen molar-refractivity contribution in [3.63, 3.8) is 0 Å². The minimum absolute atomic E-state index is 0.0629. The lowest BCUT2D eigenvalue weighted by atomic mass is 10.1. The number of hydrogen-bond donors (Lipinski definition) is 1. The second-order valence-electron chi connectivity index (χ2n) is 4.65. The Morgan fingerprint density at radius 2 is 1.83 bits per heavy atom. The molecule has 0 fully saturated rings. The first-order valence-electron chi connectivity index (χ1n) is 6.15. The monoisotopic (exact) mass is 247 g/mol. The summed E-state index contributed by atoms with van der Waals surface area (Å²) in [7, 11) is 1.63. The summed E-state index contributed by atoms with van der Waals surface area (Å²) >= 11 is 0. The standard InChI is InChI=1S/C15H21NO2/c1-11(2)12(3)16-15(17)10-7-13-5-8-14(18-4)9-6-13/h5-12H,1-4H3,(H,16,17)/b10-7+/t12-/m1/s1. The van der Waals surface area contributed by atoms with Gasteiger partial charge < -0.3 is 10.1 Å². The molecule has 1 N–H and O–H groups in total. The van der Waals surface area contributed by atoms with E-state index >= 15 is 0 Å². The highest BCUT2D eigenvalue weighted by Crippen LogP contribution is 2.12. The van der Waals surface area contributed by atoms with Crippen LogP contribution in [0.2, 0.25) is 0 Å². The van der Waals surface area contributed by atoms with E-state index in [-0.39, 0.29) is 11.9 Å². The lowest BCUT2D eigenvalue weighted by Gasteiger charge is -2.15. The van der Waals surface area contributed by atoms with E-state index < -0.39 is 0 Å². The van der Waals surface area contributed by atoms with Crippen LogP contribution in [0.15, 0.2) is 30.3 Å². The van der Waals surface area contributed by atoms with Gasteiger partial charge in [-0.15, -0.1) is 0 Å². The van der Waals surface area contributed by atoms with Gasteiger partial charge in [0.2, 0.25) is 5.91 Å². The minimum Gasteiger partial charge on any atom is -0.497 e. The summed E-state index contributed by atoms with van der Waals surface area (Å²) in [5.41, 5.74) is 0.975. The number of methoxy groups -OCH3 is 1. The summed E-state index contributed by atoms with van der Waals surface area (Å²) in [6.07, 6.45) is 3.35. The van der Waals surface area contributed by atoms with Crippen LogP contribution in [0.3, 0.4) is 0 Å². The fraction of sp³-hybridized carbons (Fsp3) is 0.400. The summed E-state index contributed by atoms with van der Waals surface area (Å²) in [5, 5.41) is 2.92. The Hall–Kier alpha value is -1.77. The predicted octanol–water partition coefficient (Wildman–Crippen LogP) is 2.87. The van der Waals surface area contributed by atoms with Crippen LogP contribution >= 0.6 is 0 Å². The molecule has 0 bridgehead atoms. The molecule has 3 heteroatoms. The van der Waals surface area contributed by atoms with Crippen molar-refractivity contribution in [2.24, 2.45) is 5.92 Å². The molecule has 1 amide bonds. The van der Waals surface area contributed by atoms with Crippen LogP contribution < -0.4 is 10.1 Å². The molecule has 0 aromatic heterocycles. The number of hydrogen-bond acceptors (Lipinski definition) is 2. The predicted molar refractivity (Wildman–Crippen MR) is 74.5 cm³/mol. The molecule has 18 heavy (non-hydrogen) atoms. The van der Waals surface area contributed by atoms with E-state index in [0.29, 0.717) is 5.92 Å². The molecule has 0 saturated heterocycles. The van der Waals surface area contributed by atoms with Gasteiger partial charge in [0.15, 0.2) is 0 Å². The molecule has 3 nitrogen and oxygen atoms in total. The Labute approximate surface area is 109 Å². The summed E-state index contributed by atoms with van der Waals surface area (Å²) in [6, 6.07) is 7.74. The van der Waals surface area contributed by atoms with E-state index in [4.69, 9.17) is 4.74 Å². The van der Waals surface area contributed by atoms with Gasteiger partial charge in [-0.25, -0.2) is 0 Å². The van der Waals surface area contributed by atoms with Crippen LogP contribution in [0.4, 0.5) is 0 Å². The third kappa shape index (κ3) is 4.62. The molecule has 0 heterocycles. The number of benzene rings is 1. The van der Waals surface area contributed by atoms with Crippen molar-refractivity contribution >= 4 is 12.0 Å². The zero-order valence-electron chi connectivity index (χ0n) is 11.4. The molecule has 0 aliphatic rings. The number of nitrogens with one attached hydrogen (secondary N) is 1. The molecular weight excluding hydrogens is 226 g/mol. The molecule has 0 aliphatic heterocycles. The summed E-state index contributed by atoms with van der Waals surface area (Å²) < 4.78 is 5.07. The highest BCUT2D eigenvalue weighted by Gasteiger charge is 2.07. The molecule has 1 atom stereocenters. The van der Waals surface area contributed by atoms with Gasteiger partial charge >= 0.3 is 0 Å². The Morgan fingerprint density at radius 1 is 1.22 bits per heavy atom. The molecule has 1 aromatic rings. The van der Waals surface area contributed by atoms with Crippen LogP contribution in [0.25, 0.3) is 6.08 Å². The van der Waals surface area contributed by atoms with Crippen molar-refractivity contribution in [1.29, 1.82) is 0 Å². The topological polar surface area (TPSA) is 38.3 Å². The number of amides is 1. The average Bonchev–Trinajstić information content (AvgIpc) is 2.36. The van der Waals surface area contributed by atoms with Gasteiger partial charge in [-0.1, -0.05) is 26.0 Å². The largest absolute Gasteiger partial charge is 0.497 e. The zero-order chi connectivity index (χ0) is 13.5. The molecule has 0 radical (unpaired) electrons. The minimum atomic E-state index is -0.0629. The number of carbonyl (C=O) groups is 1. The van der Waals surface area contributed by atoms with E-state index in [1.54, 1.807) is 19.3 Å². The normalized spacial score (nSPS) is 12.7. The third-order valence-corrected chi connectivity index (χ3v) is 2.91. The van der Waals surface area contributed by atoms with E-state index in [1.165, 1.54) is 0 Å². The highest BCUT2D eigenvalue weighted by atomic mass is 16.5. The molecule has 0 spiro atoms. The van der Waals surface area contributed by atoms with Crippen molar-refractivity contribution in [1.82, 2.24) is 5.32 Å². The molecule has 1 aromatic carbocycles. The number of carbonyl (C=O) groups excluding carboxylic acids is 1. The Morgan fingerprint density at radius 3 is 2.33 bits per heavy atom. The molecule has 0 unspecified atom stereocenters. The third-order valence-electron chi connectivity index (χ3n) is 2.91. The second kappa shape index (κ2) is 6.84. The average molecular weight is 247 g/mol. The van der Waals surface area contributed by atoms with Crippen molar-refractivity contribution < 1.29 is 9.53 Å². The van der Waals surface area contributed by atoms with E-state index in [9.17, 15) is 4.79 Å². The molecule has 0 saturated carbocycles. The second-order valence-corrected chi connectivity index (χ2v) is 4.65. The zero-order valence-corrected chi connectivity index (χ0v) is 11.4. The maximum atomic E-state index is 11.6. The Bertz CT molecular complexity index is 407. The maximum absolute atomic E-state index is 11.6. The lowest BCUT2D eigenvalue weighted by molar-refractivity contribution is -0.117. The van der Waals surface area contributed by atoms with Gasteiger partial charge in [0.1, 0.15) is 5.75 Å². The summed E-state index contributed by atoms with van der Waals surface area (Å²) in [6.45, 7) is 6.17. The smallest absolute Gasteiger partial charge is 0.244 e. The van der Waals surface area contributed by atoms with Crippen LogP contribution in [-0.4, -0.2) is 19.1 Å². The van der Waals surface area contributed by atoms with E-state index in [2.05, 4.69) is 19.2 Å². The van der Waals surface area contributed by atoms with Gasteiger partial charge in [-0.05, 0) is 36.6 Å². The van der Waals surface area contributed by atoms with E-state index in [0.717, 1.165) is 11.3 Å². The van der Waals surface area contributed by atoms with Crippen LogP contribution in [-0.2, 0) is 4.79 Å². The molecule has 98 valence electrons. The van der Waals surface area contributed by atoms with Crippen molar-refractivity contribution in [3.8, 4) is 5.75 Å². The quantitative estimate of drug-likeness (QED) is 0.812. The SMILES string of the molecule is COc1ccc(/C=C/C(=O)N[C@H](C)C(C)C)cc1. The van der Waals surface area contributed by atoms with Crippen LogP contribution in [0, 0.1) is 5.92 Å². The first-order chi connectivity index (χ1) is 8.52. The molecule has 1 rings (SSSR count).